The van der Waals surface area contributed by atoms with Crippen LogP contribution in [0.4, 0.5) is 0 Å². The molecule has 2 saturated heterocycles. The van der Waals surface area contributed by atoms with Gasteiger partial charge in [-0.3, -0.25) is 0 Å². The maximum atomic E-state index is 6.87. The highest BCUT2D eigenvalue weighted by atomic mass is 32.2. The number of thioether (sulfide) groups is 1. The van der Waals surface area contributed by atoms with E-state index in [1.165, 1.54) is 28.9 Å². The molecule has 1 aromatic rings. The van der Waals surface area contributed by atoms with Crippen molar-refractivity contribution in [2.75, 3.05) is 18.1 Å². The number of ether oxygens (including phenoxy) is 1. The molecule has 0 aromatic heterocycles. The van der Waals surface area contributed by atoms with Crippen molar-refractivity contribution in [3.63, 3.8) is 0 Å². The van der Waals surface area contributed by atoms with Crippen LogP contribution in [0.2, 0.25) is 0 Å². The molecule has 2 N–H and O–H groups in total. The molecule has 0 aliphatic carbocycles. The summed E-state index contributed by atoms with van der Waals surface area (Å²) in [6.07, 6.45) is 3.38. The minimum absolute atomic E-state index is 0.103. The Morgan fingerprint density at radius 2 is 2.19 bits per heavy atom. The van der Waals surface area contributed by atoms with Gasteiger partial charge in [0.2, 0.25) is 0 Å². The number of hydrogen-bond acceptors (Lipinski definition) is 3. The first-order valence-corrected chi connectivity index (χ1v) is 9.17. The van der Waals surface area contributed by atoms with Gasteiger partial charge >= 0.3 is 0 Å². The van der Waals surface area contributed by atoms with Crippen LogP contribution >= 0.6 is 11.8 Å². The fraction of sp³-hybridized carbons (Fsp3) is 0.667. The van der Waals surface area contributed by atoms with Crippen LogP contribution in [0.1, 0.15) is 42.9 Å². The second kappa shape index (κ2) is 5.60. The summed E-state index contributed by atoms with van der Waals surface area (Å²) >= 11 is 2.03. The summed E-state index contributed by atoms with van der Waals surface area (Å²) in [5.74, 6) is 2.88. The van der Waals surface area contributed by atoms with Gasteiger partial charge in [0.15, 0.2) is 0 Å². The Bertz CT molecular complexity index is 520. The van der Waals surface area contributed by atoms with Crippen molar-refractivity contribution in [3.05, 3.63) is 34.9 Å². The lowest BCUT2D eigenvalue weighted by atomic mass is 9.70. The summed E-state index contributed by atoms with van der Waals surface area (Å²) in [6, 6.07) is 6.66. The number of benzene rings is 1. The molecule has 3 unspecified atom stereocenters. The Balaban J connectivity index is 1.88. The molecular formula is C18H27NOS. The zero-order valence-electron chi connectivity index (χ0n) is 13.4. The smallest absolute Gasteiger partial charge is 0.0783 e. The second-order valence-corrected chi connectivity index (χ2v) is 8.23. The molecule has 0 amide bonds. The quantitative estimate of drug-likeness (QED) is 0.903. The van der Waals surface area contributed by atoms with E-state index in [-0.39, 0.29) is 11.1 Å². The Morgan fingerprint density at radius 3 is 2.90 bits per heavy atom. The van der Waals surface area contributed by atoms with Crippen molar-refractivity contribution in [1.29, 1.82) is 0 Å². The predicted octanol–water partition coefficient (Wildman–Crippen LogP) is 3.78. The van der Waals surface area contributed by atoms with E-state index in [1.54, 1.807) is 0 Å². The lowest BCUT2D eigenvalue weighted by Crippen LogP contribution is -2.50. The minimum Gasteiger partial charge on any atom is -0.374 e. The van der Waals surface area contributed by atoms with Gasteiger partial charge in [-0.25, -0.2) is 0 Å². The molecule has 1 spiro atoms. The Hall–Kier alpha value is -0.510. The molecule has 2 fully saturated rings. The summed E-state index contributed by atoms with van der Waals surface area (Å²) in [7, 11) is 0. The number of nitrogens with two attached hydrogens (primary N) is 1. The summed E-state index contributed by atoms with van der Waals surface area (Å²) in [5.41, 5.74) is 10.6. The molecule has 2 nitrogen and oxygen atoms in total. The molecule has 0 bridgehead atoms. The Kier molecular flexibility index (Phi) is 4.10. The fourth-order valence-corrected chi connectivity index (χ4v) is 5.32. The first-order valence-electron chi connectivity index (χ1n) is 8.01. The van der Waals surface area contributed by atoms with Crippen molar-refractivity contribution in [1.82, 2.24) is 0 Å². The number of aryl methyl sites for hydroxylation is 2. The first-order chi connectivity index (χ1) is 9.93. The van der Waals surface area contributed by atoms with E-state index >= 15 is 0 Å². The molecular weight excluding hydrogens is 278 g/mol. The van der Waals surface area contributed by atoms with Crippen LogP contribution in [0, 0.1) is 19.8 Å². The van der Waals surface area contributed by atoms with Gasteiger partial charge < -0.3 is 10.5 Å². The molecule has 3 atom stereocenters. The van der Waals surface area contributed by atoms with Gasteiger partial charge in [0.05, 0.1) is 5.60 Å². The van der Waals surface area contributed by atoms with Crippen LogP contribution < -0.4 is 5.73 Å². The van der Waals surface area contributed by atoms with Crippen LogP contribution in [0.25, 0.3) is 0 Å². The van der Waals surface area contributed by atoms with E-state index in [4.69, 9.17) is 10.5 Å². The normalized spacial score (nSPS) is 32.3. The van der Waals surface area contributed by atoms with Crippen LogP contribution in [-0.4, -0.2) is 23.7 Å². The molecule has 0 saturated carbocycles. The monoisotopic (exact) mass is 305 g/mol. The van der Waals surface area contributed by atoms with Crippen molar-refractivity contribution in [2.45, 2.75) is 51.2 Å². The third kappa shape index (κ3) is 2.88. The second-order valence-electron chi connectivity index (χ2n) is 7.12. The average molecular weight is 305 g/mol. The van der Waals surface area contributed by atoms with Crippen LogP contribution in [0.5, 0.6) is 0 Å². The van der Waals surface area contributed by atoms with Crippen LogP contribution in [0.15, 0.2) is 18.2 Å². The van der Waals surface area contributed by atoms with Gasteiger partial charge in [-0.2, -0.15) is 11.8 Å². The highest BCUT2D eigenvalue weighted by Gasteiger charge is 2.45. The average Bonchev–Trinajstić information content (AvgIpc) is 2.89. The minimum atomic E-state index is -0.264. The van der Waals surface area contributed by atoms with Crippen molar-refractivity contribution >= 4 is 11.8 Å². The molecule has 1 aromatic carbocycles. The van der Waals surface area contributed by atoms with Crippen molar-refractivity contribution < 1.29 is 4.74 Å². The van der Waals surface area contributed by atoms with Gasteiger partial charge in [-0.05, 0) is 62.8 Å². The van der Waals surface area contributed by atoms with E-state index in [9.17, 15) is 0 Å². The number of rotatable bonds is 2. The van der Waals surface area contributed by atoms with E-state index in [2.05, 4.69) is 39.0 Å². The molecule has 21 heavy (non-hydrogen) atoms. The Morgan fingerprint density at radius 1 is 1.38 bits per heavy atom. The van der Waals surface area contributed by atoms with E-state index in [0.717, 1.165) is 25.2 Å². The largest absolute Gasteiger partial charge is 0.374 e. The molecule has 3 rings (SSSR count). The van der Waals surface area contributed by atoms with Gasteiger partial charge in [0, 0.05) is 17.9 Å². The summed E-state index contributed by atoms with van der Waals surface area (Å²) in [5, 5.41) is 0. The maximum Gasteiger partial charge on any atom is 0.0783 e. The predicted molar refractivity (Wildman–Crippen MR) is 90.8 cm³/mol. The third-order valence-corrected chi connectivity index (χ3v) is 6.60. The third-order valence-electron chi connectivity index (χ3n) is 5.38. The Labute approximate surface area is 132 Å². The zero-order chi connectivity index (χ0) is 15.1. The maximum absolute atomic E-state index is 6.87. The van der Waals surface area contributed by atoms with Crippen LogP contribution in [0.3, 0.4) is 0 Å². The van der Waals surface area contributed by atoms with E-state index in [0.29, 0.717) is 5.92 Å². The lowest BCUT2D eigenvalue weighted by molar-refractivity contribution is -0.0917. The van der Waals surface area contributed by atoms with Crippen LogP contribution in [-0.2, 0) is 10.3 Å². The zero-order valence-corrected chi connectivity index (χ0v) is 14.3. The molecule has 3 heteroatoms. The van der Waals surface area contributed by atoms with E-state index < -0.39 is 0 Å². The summed E-state index contributed by atoms with van der Waals surface area (Å²) in [6.45, 7) is 7.42. The first kappa shape index (κ1) is 15.4. The van der Waals surface area contributed by atoms with Crippen molar-refractivity contribution in [2.24, 2.45) is 11.7 Å². The molecule has 2 aliphatic rings. The SMILES string of the molecule is Cc1ccc(C)c(C(C)(N)C2CCOC3(CCSC3)C2)c1. The lowest BCUT2D eigenvalue weighted by Gasteiger charge is -2.45. The summed E-state index contributed by atoms with van der Waals surface area (Å²) < 4.78 is 6.17. The topological polar surface area (TPSA) is 35.2 Å². The van der Waals surface area contributed by atoms with Gasteiger partial charge in [0.1, 0.15) is 0 Å². The van der Waals surface area contributed by atoms with E-state index in [1.807, 2.05) is 11.8 Å². The van der Waals surface area contributed by atoms with Gasteiger partial charge in [-0.1, -0.05) is 23.8 Å². The molecule has 2 heterocycles. The molecule has 116 valence electrons. The van der Waals surface area contributed by atoms with Gasteiger partial charge in [-0.15, -0.1) is 0 Å². The van der Waals surface area contributed by atoms with Crippen molar-refractivity contribution in [3.8, 4) is 0 Å². The molecule has 0 radical (unpaired) electrons. The highest BCUT2D eigenvalue weighted by Crippen LogP contribution is 2.45. The van der Waals surface area contributed by atoms with Gasteiger partial charge in [0.25, 0.3) is 0 Å². The number of hydrogen-bond donors (Lipinski definition) is 1. The standard InChI is InChI=1S/C18H27NOS/c1-13-4-5-14(2)16(10-13)17(3,19)15-6-8-20-18(11-15)7-9-21-12-18/h4-5,10,15H,6-9,11-12,19H2,1-3H3. The summed E-state index contributed by atoms with van der Waals surface area (Å²) in [4.78, 5) is 0. The fourth-order valence-electron chi connectivity index (χ4n) is 3.94. The highest BCUT2D eigenvalue weighted by molar-refractivity contribution is 7.99. The molecule has 2 aliphatic heterocycles.